The second kappa shape index (κ2) is 8.27. The number of rotatable bonds is 9. The van der Waals surface area contributed by atoms with Crippen LogP contribution in [0.25, 0.3) is 0 Å². The van der Waals surface area contributed by atoms with Crippen LogP contribution in [0.5, 0.6) is 5.75 Å². The van der Waals surface area contributed by atoms with E-state index in [1.54, 1.807) is 0 Å². The van der Waals surface area contributed by atoms with Crippen molar-refractivity contribution in [2.24, 2.45) is 5.73 Å². The van der Waals surface area contributed by atoms with Crippen LogP contribution in [-0.4, -0.2) is 26.5 Å². The van der Waals surface area contributed by atoms with Gasteiger partial charge in [-0.3, -0.25) is 0 Å². The highest BCUT2D eigenvalue weighted by Crippen LogP contribution is 2.24. The lowest BCUT2D eigenvalue weighted by Gasteiger charge is -2.16. The predicted octanol–water partition coefficient (Wildman–Crippen LogP) is 2.69. The van der Waals surface area contributed by atoms with Crippen LogP contribution in [0.15, 0.2) is 24.3 Å². The Morgan fingerprint density at radius 3 is 2.55 bits per heavy atom. The molecular formula is C15H25NO3S. The van der Waals surface area contributed by atoms with Gasteiger partial charge in [-0.1, -0.05) is 38.0 Å². The first kappa shape index (κ1) is 17.0. The van der Waals surface area contributed by atoms with Crippen LogP contribution in [-0.2, 0) is 9.84 Å². The van der Waals surface area contributed by atoms with Crippen LogP contribution < -0.4 is 10.5 Å². The summed E-state index contributed by atoms with van der Waals surface area (Å²) in [4.78, 5) is 0. The molecule has 0 radical (unpaired) electrons. The van der Waals surface area contributed by atoms with Gasteiger partial charge in [0.05, 0.1) is 18.1 Å². The van der Waals surface area contributed by atoms with E-state index in [4.69, 9.17) is 10.5 Å². The third-order valence-electron chi connectivity index (χ3n) is 3.11. The molecule has 1 unspecified atom stereocenters. The van der Waals surface area contributed by atoms with Gasteiger partial charge in [0.2, 0.25) is 0 Å². The minimum atomic E-state index is -3.11. The Labute approximate surface area is 122 Å². The van der Waals surface area contributed by atoms with Crippen molar-refractivity contribution >= 4 is 9.84 Å². The number of benzene rings is 1. The maximum absolute atomic E-state index is 12.0. The van der Waals surface area contributed by atoms with Gasteiger partial charge in [-0.15, -0.1) is 0 Å². The molecule has 5 heteroatoms. The molecule has 0 spiro atoms. The molecule has 0 aliphatic carbocycles. The zero-order valence-electron chi connectivity index (χ0n) is 12.3. The average Bonchev–Trinajstić information content (AvgIpc) is 2.39. The number of para-hydroxylation sites is 1. The number of hydrogen-bond acceptors (Lipinski definition) is 4. The predicted molar refractivity (Wildman–Crippen MR) is 82.7 cm³/mol. The first-order valence-corrected chi connectivity index (χ1v) is 9.00. The number of ether oxygens (including phenoxy) is 1. The van der Waals surface area contributed by atoms with Crippen molar-refractivity contribution in [3.8, 4) is 5.75 Å². The fraction of sp³-hybridized carbons (Fsp3) is 0.600. The van der Waals surface area contributed by atoms with E-state index in [0.717, 1.165) is 18.4 Å². The van der Waals surface area contributed by atoms with E-state index in [9.17, 15) is 8.42 Å². The van der Waals surface area contributed by atoms with Gasteiger partial charge in [-0.2, -0.15) is 0 Å². The van der Waals surface area contributed by atoms with E-state index < -0.39 is 15.9 Å². The number of unbranched alkanes of at least 4 members (excludes halogenated alkanes) is 2. The number of nitrogens with two attached hydrogens (primary N) is 1. The maximum atomic E-state index is 12.0. The zero-order chi connectivity index (χ0) is 15.0. The van der Waals surface area contributed by atoms with Crippen molar-refractivity contribution in [3.63, 3.8) is 0 Å². The maximum Gasteiger partial charge on any atom is 0.152 e. The van der Waals surface area contributed by atoms with Gasteiger partial charge in [0.25, 0.3) is 0 Å². The van der Waals surface area contributed by atoms with Crippen molar-refractivity contribution in [2.75, 3.05) is 18.1 Å². The molecule has 1 rings (SSSR count). The summed E-state index contributed by atoms with van der Waals surface area (Å²) in [5.41, 5.74) is 6.82. The third-order valence-corrected chi connectivity index (χ3v) is 4.89. The highest BCUT2D eigenvalue weighted by atomic mass is 32.2. The molecule has 0 saturated carbocycles. The fourth-order valence-electron chi connectivity index (χ4n) is 2.09. The van der Waals surface area contributed by atoms with Crippen molar-refractivity contribution in [3.05, 3.63) is 29.8 Å². The standard InChI is InChI=1S/C15H25NO3S/c1-3-5-8-11-20(17,18)12-14(16)13-9-6-7-10-15(13)19-4-2/h6-7,9-10,14H,3-5,8,11-12,16H2,1-2H3. The summed E-state index contributed by atoms with van der Waals surface area (Å²) in [6, 6.07) is 6.82. The van der Waals surface area contributed by atoms with E-state index >= 15 is 0 Å². The summed E-state index contributed by atoms with van der Waals surface area (Å²) in [7, 11) is -3.11. The smallest absolute Gasteiger partial charge is 0.152 e. The van der Waals surface area contributed by atoms with Crippen LogP contribution in [0, 0.1) is 0 Å². The SMILES string of the molecule is CCCCCS(=O)(=O)CC(N)c1ccccc1OCC. The van der Waals surface area contributed by atoms with Gasteiger partial charge in [-0.05, 0) is 19.4 Å². The largest absolute Gasteiger partial charge is 0.494 e. The quantitative estimate of drug-likeness (QED) is 0.712. The van der Waals surface area contributed by atoms with Crippen molar-refractivity contribution in [1.82, 2.24) is 0 Å². The first-order chi connectivity index (χ1) is 9.50. The molecule has 1 aromatic carbocycles. The Morgan fingerprint density at radius 2 is 1.90 bits per heavy atom. The molecule has 0 amide bonds. The summed E-state index contributed by atoms with van der Waals surface area (Å²) in [6.45, 7) is 4.48. The van der Waals surface area contributed by atoms with E-state index in [-0.39, 0.29) is 11.5 Å². The summed E-state index contributed by atoms with van der Waals surface area (Å²) in [6.07, 6.45) is 2.65. The number of hydrogen-bond donors (Lipinski definition) is 1. The molecule has 4 nitrogen and oxygen atoms in total. The van der Waals surface area contributed by atoms with Crippen molar-refractivity contribution in [1.29, 1.82) is 0 Å². The van der Waals surface area contributed by atoms with Crippen LogP contribution in [0.4, 0.5) is 0 Å². The lowest BCUT2D eigenvalue weighted by molar-refractivity contribution is 0.335. The molecular weight excluding hydrogens is 274 g/mol. The second-order valence-electron chi connectivity index (χ2n) is 4.90. The van der Waals surface area contributed by atoms with Crippen LogP contribution in [0.3, 0.4) is 0 Å². The van der Waals surface area contributed by atoms with Gasteiger partial charge >= 0.3 is 0 Å². The molecule has 0 aromatic heterocycles. The van der Waals surface area contributed by atoms with Crippen molar-refractivity contribution in [2.45, 2.75) is 39.2 Å². The fourth-order valence-corrected chi connectivity index (χ4v) is 3.63. The highest BCUT2D eigenvalue weighted by molar-refractivity contribution is 7.91. The van der Waals surface area contributed by atoms with Gasteiger partial charge in [-0.25, -0.2) is 8.42 Å². The van der Waals surface area contributed by atoms with E-state index in [1.807, 2.05) is 31.2 Å². The van der Waals surface area contributed by atoms with Gasteiger partial charge in [0.1, 0.15) is 5.75 Å². The summed E-state index contributed by atoms with van der Waals surface area (Å²) >= 11 is 0. The summed E-state index contributed by atoms with van der Waals surface area (Å²) < 4.78 is 29.6. The molecule has 1 aromatic rings. The Balaban J connectivity index is 2.73. The Kier molecular flexibility index (Phi) is 7.02. The van der Waals surface area contributed by atoms with E-state index in [0.29, 0.717) is 18.8 Å². The van der Waals surface area contributed by atoms with Gasteiger partial charge in [0, 0.05) is 11.6 Å². The van der Waals surface area contributed by atoms with E-state index in [1.165, 1.54) is 0 Å². The monoisotopic (exact) mass is 299 g/mol. The molecule has 0 fully saturated rings. The van der Waals surface area contributed by atoms with Crippen LogP contribution in [0.2, 0.25) is 0 Å². The minimum absolute atomic E-state index is 0.0270. The second-order valence-corrected chi connectivity index (χ2v) is 7.13. The Morgan fingerprint density at radius 1 is 1.20 bits per heavy atom. The molecule has 0 bridgehead atoms. The molecule has 114 valence electrons. The number of sulfone groups is 1. The topological polar surface area (TPSA) is 69.4 Å². The Bertz CT molecular complexity index is 500. The average molecular weight is 299 g/mol. The minimum Gasteiger partial charge on any atom is -0.494 e. The van der Waals surface area contributed by atoms with Gasteiger partial charge < -0.3 is 10.5 Å². The molecule has 0 heterocycles. The molecule has 0 aliphatic rings. The molecule has 0 saturated heterocycles. The lowest BCUT2D eigenvalue weighted by atomic mass is 10.1. The normalized spacial score (nSPS) is 13.2. The third kappa shape index (κ3) is 5.51. The van der Waals surface area contributed by atoms with E-state index in [2.05, 4.69) is 6.92 Å². The van der Waals surface area contributed by atoms with Crippen molar-refractivity contribution < 1.29 is 13.2 Å². The molecule has 20 heavy (non-hydrogen) atoms. The Hall–Kier alpha value is -1.07. The van der Waals surface area contributed by atoms with Crippen LogP contribution >= 0.6 is 0 Å². The van der Waals surface area contributed by atoms with Gasteiger partial charge in [0.15, 0.2) is 9.84 Å². The molecule has 0 aliphatic heterocycles. The first-order valence-electron chi connectivity index (χ1n) is 7.18. The molecule has 2 N–H and O–H groups in total. The van der Waals surface area contributed by atoms with Crippen LogP contribution in [0.1, 0.15) is 44.7 Å². The zero-order valence-corrected chi connectivity index (χ0v) is 13.2. The summed E-state index contributed by atoms with van der Waals surface area (Å²) in [5, 5.41) is 0. The highest BCUT2D eigenvalue weighted by Gasteiger charge is 2.19. The summed E-state index contributed by atoms with van der Waals surface area (Å²) in [5.74, 6) is 0.859. The molecule has 1 atom stereocenters. The lowest BCUT2D eigenvalue weighted by Crippen LogP contribution is -2.24.